The molecule has 1 amide bonds. The van der Waals surface area contributed by atoms with Crippen LogP contribution in [0.4, 0.5) is 5.69 Å². The highest BCUT2D eigenvalue weighted by atomic mass is 16.5. The van der Waals surface area contributed by atoms with Gasteiger partial charge >= 0.3 is 5.97 Å². The number of ether oxygens (including phenoxy) is 1. The van der Waals surface area contributed by atoms with Crippen molar-refractivity contribution in [3.8, 4) is 5.75 Å². The molecule has 19 heavy (non-hydrogen) atoms. The van der Waals surface area contributed by atoms with E-state index in [0.717, 1.165) is 18.6 Å². The Morgan fingerprint density at radius 1 is 1.42 bits per heavy atom. The van der Waals surface area contributed by atoms with Crippen molar-refractivity contribution in [3.05, 3.63) is 36.4 Å². The summed E-state index contributed by atoms with van der Waals surface area (Å²) in [6, 6.07) is 6.96. The SMILES string of the molecule is CCC(C)Oc1cccc(NC(=O)/C=C/C(=O)O)c1. The van der Waals surface area contributed by atoms with E-state index in [1.165, 1.54) is 0 Å². The zero-order chi connectivity index (χ0) is 14.3. The van der Waals surface area contributed by atoms with E-state index in [0.29, 0.717) is 11.4 Å². The Labute approximate surface area is 111 Å². The maximum absolute atomic E-state index is 11.4. The molecule has 0 aromatic heterocycles. The first-order chi connectivity index (χ1) is 9.01. The van der Waals surface area contributed by atoms with Crippen molar-refractivity contribution in [2.45, 2.75) is 26.4 Å². The maximum Gasteiger partial charge on any atom is 0.328 e. The first-order valence-electron chi connectivity index (χ1n) is 6.00. The Kier molecular flexibility index (Phi) is 5.60. The maximum atomic E-state index is 11.4. The van der Waals surface area contributed by atoms with Crippen molar-refractivity contribution in [2.24, 2.45) is 0 Å². The van der Waals surface area contributed by atoms with Crippen LogP contribution in [0.15, 0.2) is 36.4 Å². The quantitative estimate of drug-likeness (QED) is 0.773. The number of hydrogen-bond acceptors (Lipinski definition) is 3. The van der Waals surface area contributed by atoms with Crippen LogP contribution in [-0.2, 0) is 9.59 Å². The number of benzene rings is 1. The van der Waals surface area contributed by atoms with Crippen molar-refractivity contribution in [1.29, 1.82) is 0 Å². The van der Waals surface area contributed by atoms with Gasteiger partial charge in [0.05, 0.1) is 6.10 Å². The van der Waals surface area contributed by atoms with Gasteiger partial charge in [0, 0.05) is 23.9 Å². The number of nitrogens with one attached hydrogen (secondary N) is 1. The fraction of sp³-hybridized carbons (Fsp3) is 0.286. The Morgan fingerprint density at radius 2 is 2.16 bits per heavy atom. The van der Waals surface area contributed by atoms with Gasteiger partial charge in [0.1, 0.15) is 5.75 Å². The summed E-state index contributed by atoms with van der Waals surface area (Å²) in [5.74, 6) is -0.999. The fourth-order valence-electron chi connectivity index (χ4n) is 1.29. The predicted molar refractivity (Wildman–Crippen MR) is 72.2 cm³/mol. The Balaban J connectivity index is 2.66. The third kappa shape index (κ3) is 5.72. The van der Waals surface area contributed by atoms with Crippen LogP contribution in [0.3, 0.4) is 0 Å². The second-order valence-corrected chi connectivity index (χ2v) is 4.03. The van der Waals surface area contributed by atoms with Gasteiger partial charge < -0.3 is 15.2 Å². The van der Waals surface area contributed by atoms with Gasteiger partial charge in [0.25, 0.3) is 0 Å². The summed E-state index contributed by atoms with van der Waals surface area (Å²) in [7, 11) is 0. The van der Waals surface area contributed by atoms with Crippen molar-refractivity contribution in [2.75, 3.05) is 5.32 Å². The average molecular weight is 263 g/mol. The monoisotopic (exact) mass is 263 g/mol. The number of aliphatic carboxylic acids is 1. The second kappa shape index (κ2) is 7.20. The summed E-state index contributed by atoms with van der Waals surface area (Å²) in [4.78, 5) is 21.7. The number of amides is 1. The van der Waals surface area contributed by atoms with E-state index in [2.05, 4.69) is 5.32 Å². The molecule has 5 nitrogen and oxygen atoms in total. The van der Waals surface area contributed by atoms with Crippen LogP contribution in [0.25, 0.3) is 0 Å². The third-order valence-electron chi connectivity index (χ3n) is 2.39. The highest BCUT2D eigenvalue weighted by Crippen LogP contribution is 2.19. The highest BCUT2D eigenvalue weighted by molar-refractivity contribution is 6.02. The molecule has 1 aromatic carbocycles. The summed E-state index contributed by atoms with van der Waals surface area (Å²) in [6.07, 6.45) is 2.73. The minimum Gasteiger partial charge on any atom is -0.491 e. The molecule has 1 rings (SSSR count). The first kappa shape index (κ1) is 14.8. The van der Waals surface area contributed by atoms with Crippen LogP contribution in [0.2, 0.25) is 0 Å². The van der Waals surface area contributed by atoms with E-state index < -0.39 is 11.9 Å². The molecule has 2 N–H and O–H groups in total. The molecule has 102 valence electrons. The van der Waals surface area contributed by atoms with Crippen molar-refractivity contribution < 1.29 is 19.4 Å². The summed E-state index contributed by atoms with van der Waals surface area (Å²) < 4.78 is 5.62. The molecule has 0 radical (unpaired) electrons. The molecule has 0 aliphatic rings. The topological polar surface area (TPSA) is 75.6 Å². The predicted octanol–water partition coefficient (Wildman–Crippen LogP) is 2.44. The van der Waals surface area contributed by atoms with E-state index in [1.54, 1.807) is 24.3 Å². The number of anilines is 1. The van der Waals surface area contributed by atoms with Gasteiger partial charge in [-0.2, -0.15) is 0 Å². The van der Waals surface area contributed by atoms with Crippen LogP contribution in [0.5, 0.6) is 5.75 Å². The lowest BCUT2D eigenvalue weighted by Gasteiger charge is -2.13. The molecule has 0 saturated carbocycles. The Bertz CT molecular complexity index is 482. The molecule has 0 bridgehead atoms. The molecule has 0 fully saturated rings. The van der Waals surface area contributed by atoms with Crippen molar-refractivity contribution in [1.82, 2.24) is 0 Å². The number of carbonyl (C=O) groups is 2. The van der Waals surface area contributed by atoms with E-state index in [1.807, 2.05) is 13.8 Å². The van der Waals surface area contributed by atoms with E-state index in [-0.39, 0.29) is 6.10 Å². The number of rotatable bonds is 6. The fourth-order valence-corrected chi connectivity index (χ4v) is 1.29. The largest absolute Gasteiger partial charge is 0.491 e. The second-order valence-electron chi connectivity index (χ2n) is 4.03. The lowest BCUT2D eigenvalue weighted by Crippen LogP contribution is -2.11. The number of hydrogen-bond donors (Lipinski definition) is 2. The lowest BCUT2D eigenvalue weighted by atomic mass is 10.2. The lowest BCUT2D eigenvalue weighted by molar-refractivity contribution is -0.131. The van der Waals surface area contributed by atoms with Gasteiger partial charge in [-0.25, -0.2) is 4.79 Å². The summed E-state index contributed by atoms with van der Waals surface area (Å²) in [5.41, 5.74) is 0.556. The van der Waals surface area contributed by atoms with Gasteiger partial charge in [-0.1, -0.05) is 13.0 Å². The van der Waals surface area contributed by atoms with Gasteiger partial charge in [0.15, 0.2) is 0 Å². The van der Waals surface area contributed by atoms with Gasteiger partial charge in [-0.15, -0.1) is 0 Å². The zero-order valence-corrected chi connectivity index (χ0v) is 10.9. The summed E-state index contributed by atoms with van der Waals surface area (Å²) >= 11 is 0. The van der Waals surface area contributed by atoms with Gasteiger partial charge in [-0.05, 0) is 25.5 Å². The molecule has 1 unspecified atom stereocenters. The van der Waals surface area contributed by atoms with Crippen LogP contribution in [0, 0.1) is 0 Å². The normalized spacial score (nSPS) is 12.1. The smallest absolute Gasteiger partial charge is 0.328 e. The molecule has 0 heterocycles. The van der Waals surface area contributed by atoms with Gasteiger partial charge in [0.2, 0.25) is 5.91 Å². The van der Waals surface area contributed by atoms with Crippen LogP contribution in [-0.4, -0.2) is 23.1 Å². The van der Waals surface area contributed by atoms with Crippen LogP contribution >= 0.6 is 0 Å². The standard InChI is InChI=1S/C14H17NO4/c1-3-10(2)19-12-6-4-5-11(9-12)15-13(16)7-8-14(17)18/h4-10H,3H2,1-2H3,(H,15,16)(H,17,18)/b8-7+. The highest BCUT2D eigenvalue weighted by Gasteiger charge is 2.03. The molecule has 0 saturated heterocycles. The number of carbonyl (C=O) groups excluding carboxylic acids is 1. The summed E-state index contributed by atoms with van der Waals surface area (Å²) in [6.45, 7) is 3.98. The van der Waals surface area contributed by atoms with Crippen LogP contribution in [0.1, 0.15) is 20.3 Å². The molecular formula is C14H17NO4. The van der Waals surface area contributed by atoms with Crippen molar-refractivity contribution in [3.63, 3.8) is 0 Å². The number of carboxylic acid groups (broad SMARTS) is 1. The molecule has 1 atom stereocenters. The Hall–Kier alpha value is -2.30. The van der Waals surface area contributed by atoms with Gasteiger partial charge in [-0.3, -0.25) is 4.79 Å². The minimum absolute atomic E-state index is 0.0952. The van der Waals surface area contributed by atoms with Crippen LogP contribution < -0.4 is 10.1 Å². The molecular weight excluding hydrogens is 246 g/mol. The molecule has 0 aliphatic carbocycles. The van der Waals surface area contributed by atoms with E-state index >= 15 is 0 Å². The minimum atomic E-state index is -1.16. The Morgan fingerprint density at radius 3 is 2.79 bits per heavy atom. The van der Waals surface area contributed by atoms with E-state index in [9.17, 15) is 9.59 Å². The molecule has 5 heteroatoms. The first-order valence-corrected chi connectivity index (χ1v) is 6.00. The third-order valence-corrected chi connectivity index (χ3v) is 2.39. The average Bonchev–Trinajstić information content (AvgIpc) is 2.36. The number of carboxylic acids is 1. The molecule has 0 aliphatic heterocycles. The molecule has 0 spiro atoms. The van der Waals surface area contributed by atoms with Crippen molar-refractivity contribution >= 4 is 17.6 Å². The molecule has 1 aromatic rings. The zero-order valence-electron chi connectivity index (χ0n) is 10.9. The van der Waals surface area contributed by atoms with E-state index in [4.69, 9.17) is 9.84 Å². The summed E-state index contributed by atoms with van der Waals surface area (Å²) in [5, 5.41) is 11.0.